The first-order valence-corrected chi connectivity index (χ1v) is 9.89. The van der Waals surface area contributed by atoms with Crippen LogP contribution in [0, 0.1) is 22.7 Å². The number of allylic oxidation sites excluding steroid dienone is 1. The minimum atomic E-state index is -0.594. The Morgan fingerprint density at radius 2 is 1.88 bits per heavy atom. The van der Waals surface area contributed by atoms with Crippen LogP contribution in [0.2, 0.25) is 0 Å². The van der Waals surface area contributed by atoms with Crippen LogP contribution in [0.5, 0.6) is 0 Å². The molecule has 3 aliphatic carbocycles. The van der Waals surface area contributed by atoms with E-state index in [2.05, 4.69) is 20.8 Å². The SMILES string of the molecule is CC(=O)O[C@@H]1C2=C(C(=O)C(O)=C1C(C)C)[C@@]1(C)CCCC(C)(C)[C@@H]1CC2. The lowest BCUT2D eigenvalue weighted by molar-refractivity contribution is -0.144. The van der Waals surface area contributed by atoms with Gasteiger partial charge in [0, 0.05) is 18.1 Å². The van der Waals surface area contributed by atoms with Crippen molar-refractivity contribution in [2.24, 2.45) is 22.7 Å². The van der Waals surface area contributed by atoms with Gasteiger partial charge in [0.15, 0.2) is 5.76 Å². The molecule has 4 nitrogen and oxygen atoms in total. The van der Waals surface area contributed by atoms with E-state index in [9.17, 15) is 14.7 Å². The van der Waals surface area contributed by atoms with E-state index in [4.69, 9.17) is 4.74 Å². The molecule has 26 heavy (non-hydrogen) atoms. The molecule has 1 saturated carbocycles. The number of Topliss-reactive ketones (excluding diaryl/α,β-unsaturated/α-hetero) is 1. The first-order valence-electron chi connectivity index (χ1n) is 9.89. The van der Waals surface area contributed by atoms with Gasteiger partial charge < -0.3 is 9.84 Å². The molecule has 0 radical (unpaired) electrons. The van der Waals surface area contributed by atoms with E-state index in [1.54, 1.807) is 0 Å². The quantitative estimate of drug-likeness (QED) is 0.712. The molecular formula is C22H32O4. The number of ether oxygens (including phenoxy) is 1. The van der Waals surface area contributed by atoms with E-state index < -0.39 is 6.10 Å². The number of hydrogen-bond acceptors (Lipinski definition) is 4. The predicted octanol–water partition coefficient (Wildman–Crippen LogP) is 4.89. The number of carbonyl (C=O) groups is 2. The molecule has 4 heteroatoms. The Balaban J connectivity index is 2.18. The van der Waals surface area contributed by atoms with Crippen LogP contribution in [0.15, 0.2) is 22.5 Å². The fourth-order valence-electron chi connectivity index (χ4n) is 6.03. The third kappa shape index (κ3) is 2.73. The van der Waals surface area contributed by atoms with Crippen molar-refractivity contribution in [2.45, 2.75) is 79.8 Å². The molecule has 0 aromatic rings. The maximum Gasteiger partial charge on any atom is 0.303 e. The second-order valence-corrected chi connectivity index (χ2v) is 9.53. The van der Waals surface area contributed by atoms with E-state index in [-0.39, 0.29) is 34.3 Å². The molecule has 144 valence electrons. The van der Waals surface area contributed by atoms with Crippen molar-refractivity contribution in [1.82, 2.24) is 0 Å². The first-order chi connectivity index (χ1) is 12.0. The maximum absolute atomic E-state index is 13.3. The number of aliphatic hydroxyl groups is 1. The van der Waals surface area contributed by atoms with Gasteiger partial charge >= 0.3 is 5.97 Å². The van der Waals surface area contributed by atoms with Gasteiger partial charge in [-0.25, -0.2) is 0 Å². The number of ketones is 1. The van der Waals surface area contributed by atoms with Gasteiger partial charge in [-0.1, -0.05) is 41.0 Å². The van der Waals surface area contributed by atoms with E-state index >= 15 is 0 Å². The highest BCUT2D eigenvalue weighted by atomic mass is 16.5. The van der Waals surface area contributed by atoms with E-state index in [1.807, 2.05) is 13.8 Å². The van der Waals surface area contributed by atoms with E-state index in [1.165, 1.54) is 6.92 Å². The summed E-state index contributed by atoms with van der Waals surface area (Å²) < 4.78 is 5.66. The van der Waals surface area contributed by atoms with Gasteiger partial charge in [-0.05, 0) is 53.9 Å². The molecule has 0 aromatic heterocycles. The standard InChI is InChI=1S/C22H32O4/c1-12(2)16-18(24)19(25)17-14(20(16)26-13(3)23)8-9-15-21(4,5)10-7-11-22(15,17)6/h12,15,20,24H,7-11H2,1-6H3/t15-,20+,22-/m0/s1. The lowest BCUT2D eigenvalue weighted by Crippen LogP contribution is -2.50. The Morgan fingerprint density at radius 3 is 2.46 bits per heavy atom. The van der Waals surface area contributed by atoms with Gasteiger partial charge in [0.1, 0.15) is 6.10 Å². The predicted molar refractivity (Wildman–Crippen MR) is 101 cm³/mol. The molecule has 0 aromatic carbocycles. The fraction of sp³-hybridized carbons (Fsp3) is 0.727. The van der Waals surface area contributed by atoms with Crippen LogP contribution in [-0.4, -0.2) is 23.0 Å². The van der Waals surface area contributed by atoms with Crippen molar-refractivity contribution in [3.05, 3.63) is 22.5 Å². The molecule has 3 atom stereocenters. The van der Waals surface area contributed by atoms with Crippen LogP contribution in [0.4, 0.5) is 0 Å². The molecule has 1 fully saturated rings. The lowest BCUT2D eigenvalue weighted by atomic mass is 9.48. The van der Waals surface area contributed by atoms with Crippen molar-refractivity contribution >= 4 is 11.8 Å². The first kappa shape index (κ1) is 19.2. The molecule has 0 amide bonds. The van der Waals surface area contributed by atoms with Crippen LogP contribution in [0.1, 0.15) is 73.6 Å². The van der Waals surface area contributed by atoms with Crippen molar-refractivity contribution in [1.29, 1.82) is 0 Å². The number of rotatable bonds is 2. The summed E-state index contributed by atoms with van der Waals surface area (Å²) in [5.74, 6) is -0.478. The average molecular weight is 360 g/mol. The van der Waals surface area contributed by atoms with Crippen molar-refractivity contribution in [2.75, 3.05) is 0 Å². The molecular weight excluding hydrogens is 328 g/mol. The largest absolute Gasteiger partial charge is 0.504 e. The zero-order valence-corrected chi connectivity index (χ0v) is 16.9. The Bertz CT molecular complexity index is 710. The number of aliphatic hydroxyl groups excluding tert-OH is 1. The highest BCUT2D eigenvalue weighted by Gasteiger charge is 2.55. The number of carbonyl (C=O) groups excluding carboxylic acids is 2. The maximum atomic E-state index is 13.3. The van der Waals surface area contributed by atoms with Crippen molar-refractivity contribution < 1.29 is 19.4 Å². The Labute approximate surface area is 156 Å². The molecule has 0 unspecified atom stereocenters. The summed E-state index contributed by atoms with van der Waals surface area (Å²) in [5.41, 5.74) is 2.13. The normalized spacial score (nSPS) is 33.9. The molecule has 0 spiro atoms. The van der Waals surface area contributed by atoms with Crippen LogP contribution >= 0.6 is 0 Å². The number of esters is 1. The minimum Gasteiger partial charge on any atom is -0.504 e. The Kier molecular flexibility index (Phi) is 4.61. The number of fused-ring (bicyclic) bond motifs is 2. The van der Waals surface area contributed by atoms with E-state index in [0.29, 0.717) is 11.5 Å². The number of hydrogen-bond donors (Lipinski definition) is 1. The fourth-order valence-corrected chi connectivity index (χ4v) is 6.03. The summed E-state index contributed by atoms with van der Waals surface area (Å²) in [6.45, 7) is 12.0. The van der Waals surface area contributed by atoms with Crippen molar-refractivity contribution in [3.63, 3.8) is 0 Å². The second kappa shape index (κ2) is 6.24. The monoisotopic (exact) mass is 360 g/mol. The topological polar surface area (TPSA) is 63.6 Å². The highest BCUT2D eigenvalue weighted by molar-refractivity contribution is 6.10. The summed E-state index contributed by atoms with van der Waals surface area (Å²) in [4.78, 5) is 25.0. The van der Waals surface area contributed by atoms with Crippen LogP contribution in [0.25, 0.3) is 0 Å². The lowest BCUT2D eigenvalue weighted by Gasteiger charge is -2.56. The molecule has 1 N–H and O–H groups in total. The zero-order valence-electron chi connectivity index (χ0n) is 16.9. The Morgan fingerprint density at radius 1 is 1.23 bits per heavy atom. The summed E-state index contributed by atoms with van der Waals surface area (Å²) >= 11 is 0. The molecule has 0 heterocycles. The summed E-state index contributed by atoms with van der Waals surface area (Å²) in [6, 6.07) is 0. The molecule has 3 rings (SSSR count). The Hall–Kier alpha value is -1.58. The van der Waals surface area contributed by atoms with Gasteiger partial charge in [0.05, 0.1) is 0 Å². The third-order valence-corrected chi connectivity index (χ3v) is 7.04. The summed E-state index contributed by atoms with van der Waals surface area (Å²) in [7, 11) is 0. The van der Waals surface area contributed by atoms with Gasteiger partial charge in [0.25, 0.3) is 0 Å². The van der Waals surface area contributed by atoms with Gasteiger partial charge in [0.2, 0.25) is 5.78 Å². The third-order valence-electron chi connectivity index (χ3n) is 7.04. The minimum absolute atomic E-state index is 0.0642. The summed E-state index contributed by atoms with van der Waals surface area (Å²) in [5, 5.41) is 10.8. The molecule has 0 aliphatic heterocycles. The average Bonchev–Trinajstić information content (AvgIpc) is 2.50. The smallest absolute Gasteiger partial charge is 0.303 e. The zero-order chi connectivity index (χ0) is 19.4. The van der Waals surface area contributed by atoms with Crippen LogP contribution in [-0.2, 0) is 14.3 Å². The van der Waals surface area contributed by atoms with Gasteiger partial charge in [-0.15, -0.1) is 0 Å². The van der Waals surface area contributed by atoms with Crippen LogP contribution < -0.4 is 0 Å². The van der Waals surface area contributed by atoms with Crippen LogP contribution in [0.3, 0.4) is 0 Å². The summed E-state index contributed by atoms with van der Waals surface area (Å²) in [6.07, 6.45) is 4.34. The van der Waals surface area contributed by atoms with Crippen molar-refractivity contribution in [3.8, 4) is 0 Å². The molecule has 0 bridgehead atoms. The second-order valence-electron chi connectivity index (χ2n) is 9.53. The van der Waals surface area contributed by atoms with Gasteiger partial charge in [-0.2, -0.15) is 0 Å². The molecule has 0 saturated heterocycles. The van der Waals surface area contributed by atoms with E-state index in [0.717, 1.165) is 43.3 Å². The van der Waals surface area contributed by atoms with Gasteiger partial charge in [-0.3, -0.25) is 9.59 Å². The highest BCUT2D eigenvalue weighted by Crippen LogP contribution is 2.61. The molecule has 3 aliphatic rings.